The Hall–Kier alpha value is -2.52. The normalized spacial score (nSPS) is 18.1. The molecule has 2 aromatic rings. The maximum Gasteiger partial charge on any atom is 0.254 e. The molecular weight excluding hydrogens is 412 g/mol. The predicted molar refractivity (Wildman–Crippen MR) is 109 cm³/mol. The number of benzene rings is 2. The number of piperazine rings is 1. The summed E-state index contributed by atoms with van der Waals surface area (Å²) in [5.74, 6) is -1.48. The van der Waals surface area contributed by atoms with E-state index in [0.717, 1.165) is 30.7 Å². The van der Waals surface area contributed by atoms with E-state index in [1.807, 2.05) is 0 Å². The predicted octanol–water partition coefficient (Wildman–Crippen LogP) is 2.71. The minimum atomic E-state index is -3.96. The highest BCUT2D eigenvalue weighted by atomic mass is 32.2. The molecule has 0 radical (unpaired) electrons. The number of halogens is 2. The number of rotatable bonds is 4. The van der Waals surface area contributed by atoms with Gasteiger partial charge in [-0.25, -0.2) is 17.2 Å². The first-order valence-electron chi connectivity index (χ1n) is 9.96. The summed E-state index contributed by atoms with van der Waals surface area (Å²) < 4.78 is 54.2. The van der Waals surface area contributed by atoms with E-state index in [1.54, 1.807) is 17.0 Å². The largest absolute Gasteiger partial charge is 0.368 e. The maximum absolute atomic E-state index is 14.3. The van der Waals surface area contributed by atoms with Gasteiger partial charge in [0.2, 0.25) is 10.0 Å². The highest BCUT2D eigenvalue weighted by Crippen LogP contribution is 2.25. The van der Waals surface area contributed by atoms with Crippen molar-refractivity contribution >= 4 is 21.6 Å². The van der Waals surface area contributed by atoms with E-state index in [-0.39, 0.29) is 17.3 Å². The van der Waals surface area contributed by atoms with Crippen LogP contribution in [0.2, 0.25) is 0 Å². The second-order valence-corrected chi connectivity index (χ2v) is 9.42. The van der Waals surface area contributed by atoms with Gasteiger partial charge in [-0.15, -0.1) is 0 Å². The Morgan fingerprint density at radius 2 is 1.47 bits per heavy atom. The number of nitrogens with zero attached hydrogens (tertiary/aromatic N) is 3. The molecule has 0 atom stereocenters. The number of amides is 1. The van der Waals surface area contributed by atoms with Crippen molar-refractivity contribution in [3.8, 4) is 0 Å². The Bertz CT molecular complexity index is 1030. The smallest absolute Gasteiger partial charge is 0.254 e. The van der Waals surface area contributed by atoms with Crippen LogP contribution in [0.15, 0.2) is 47.4 Å². The highest BCUT2D eigenvalue weighted by molar-refractivity contribution is 7.89. The zero-order valence-corrected chi connectivity index (χ0v) is 17.2. The summed E-state index contributed by atoms with van der Waals surface area (Å²) in [6.45, 7) is 2.73. The molecule has 2 aliphatic heterocycles. The lowest BCUT2D eigenvalue weighted by Crippen LogP contribution is -2.48. The van der Waals surface area contributed by atoms with Gasteiger partial charge in [0.05, 0.1) is 0 Å². The van der Waals surface area contributed by atoms with Crippen LogP contribution in [-0.2, 0) is 10.0 Å². The molecule has 2 fully saturated rings. The number of sulfonamides is 1. The second kappa shape index (κ2) is 8.31. The van der Waals surface area contributed by atoms with Gasteiger partial charge in [0.1, 0.15) is 16.5 Å². The first kappa shape index (κ1) is 20.7. The monoisotopic (exact) mass is 435 g/mol. The van der Waals surface area contributed by atoms with Crippen molar-refractivity contribution in [2.24, 2.45) is 0 Å². The molecule has 0 spiro atoms. The lowest BCUT2D eigenvalue weighted by Gasteiger charge is -2.36. The van der Waals surface area contributed by atoms with Crippen LogP contribution >= 0.6 is 0 Å². The summed E-state index contributed by atoms with van der Waals surface area (Å²) >= 11 is 0. The summed E-state index contributed by atoms with van der Waals surface area (Å²) in [4.78, 5) is 16.2. The Labute approximate surface area is 174 Å². The van der Waals surface area contributed by atoms with E-state index >= 15 is 0 Å². The van der Waals surface area contributed by atoms with Crippen molar-refractivity contribution in [2.75, 3.05) is 44.2 Å². The molecule has 0 saturated carbocycles. The molecule has 0 bridgehead atoms. The van der Waals surface area contributed by atoms with Crippen molar-refractivity contribution in [3.63, 3.8) is 0 Å². The quantitative estimate of drug-likeness (QED) is 0.741. The molecule has 2 aromatic carbocycles. The average molecular weight is 435 g/mol. The first-order chi connectivity index (χ1) is 14.4. The molecule has 6 nitrogen and oxygen atoms in total. The Balaban J connectivity index is 1.48. The van der Waals surface area contributed by atoms with Crippen LogP contribution in [0.4, 0.5) is 14.5 Å². The zero-order chi connectivity index (χ0) is 21.3. The molecule has 2 aliphatic rings. The topological polar surface area (TPSA) is 60.9 Å². The fourth-order valence-corrected chi connectivity index (χ4v) is 5.51. The molecule has 2 heterocycles. The fourth-order valence-electron chi connectivity index (χ4n) is 3.90. The lowest BCUT2D eigenvalue weighted by atomic mass is 10.1. The number of anilines is 1. The van der Waals surface area contributed by atoms with Gasteiger partial charge >= 0.3 is 0 Å². The zero-order valence-electron chi connectivity index (χ0n) is 16.4. The highest BCUT2D eigenvalue weighted by Gasteiger charge is 2.31. The Morgan fingerprint density at radius 1 is 0.833 bits per heavy atom. The van der Waals surface area contributed by atoms with Gasteiger partial charge in [-0.05, 0) is 55.3 Å². The number of carbonyl (C=O) groups is 1. The third-order valence-electron chi connectivity index (χ3n) is 5.62. The first-order valence-corrected chi connectivity index (χ1v) is 11.4. The molecule has 30 heavy (non-hydrogen) atoms. The van der Waals surface area contributed by atoms with Crippen LogP contribution in [0.1, 0.15) is 23.2 Å². The minimum Gasteiger partial charge on any atom is -0.368 e. The third-order valence-corrected chi connectivity index (χ3v) is 7.53. The van der Waals surface area contributed by atoms with E-state index < -0.39 is 20.7 Å². The number of carbonyl (C=O) groups excluding carboxylic acids is 1. The van der Waals surface area contributed by atoms with E-state index in [2.05, 4.69) is 4.90 Å². The standard InChI is InChI=1S/C21H23F2N3O3S/c22-17-4-6-18(7-5-17)24-11-13-25(14-12-24)21(27)16-3-8-19(23)20(15-16)30(28,29)26-9-1-2-10-26/h3-8,15H,1-2,9-14H2. The van der Waals surface area contributed by atoms with Crippen LogP contribution in [-0.4, -0.2) is 62.8 Å². The summed E-state index contributed by atoms with van der Waals surface area (Å²) in [6.07, 6.45) is 1.50. The molecule has 0 N–H and O–H groups in total. The molecule has 9 heteroatoms. The Kier molecular flexibility index (Phi) is 5.75. The van der Waals surface area contributed by atoms with Gasteiger partial charge < -0.3 is 9.80 Å². The van der Waals surface area contributed by atoms with Crippen LogP contribution in [0.25, 0.3) is 0 Å². The van der Waals surface area contributed by atoms with Gasteiger partial charge in [-0.3, -0.25) is 4.79 Å². The molecule has 4 rings (SSSR count). The number of hydrogen-bond donors (Lipinski definition) is 0. The van der Waals surface area contributed by atoms with Crippen molar-refractivity contribution < 1.29 is 22.0 Å². The molecule has 0 unspecified atom stereocenters. The fraction of sp³-hybridized carbons (Fsp3) is 0.381. The van der Waals surface area contributed by atoms with Crippen molar-refractivity contribution in [2.45, 2.75) is 17.7 Å². The molecule has 2 saturated heterocycles. The Morgan fingerprint density at radius 3 is 2.10 bits per heavy atom. The third kappa shape index (κ3) is 4.04. The van der Waals surface area contributed by atoms with Crippen molar-refractivity contribution in [1.29, 1.82) is 0 Å². The van der Waals surface area contributed by atoms with E-state index in [4.69, 9.17) is 0 Å². The maximum atomic E-state index is 14.3. The van der Waals surface area contributed by atoms with Crippen LogP contribution in [0.5, 0.6) is 0 Å². The minimum absolute atomic E-state index is 0.157. The molecule has 160 valence electrons. The molecular formula is C21H23F2N3O3S. The summed E-state index contributed by atoms with van der Waals surface area (Å²) in [5, 5.41) is 0. The average Bonchev–Trinajstić information content (AvgIpc) is 3.30. The second-order valence-electron chi connectivity index (χ2n) is 7.51. The summed E-state index contributed by atoms with van der Waals surface area (Å²) in [5.41, 5.74) is 1.04. The van der Waals surface area contributed by atoms with Gasteiger partial charge in [0.15, 0.2) is 0 Å². The van der Waals surface area contributed by atoms with Crippen molar-refractivity contribution in [3.05, 3.63) is 59.7 Å². The molecule has 1 amide bonds. The van der Waals surface area contributed by atoms with Crippen molar-refractivity contribution in [1.82, 2.24) is 9.21 Å². The number of hydrogen-bond acceptors (Lipinski definition) is 4. The lowest BCUT2D eigenvalue weighted by molar-refractivity contribution is 0.0746. The van der Waals surface area contributed by atoms with Gasteiger partial charge in [-0.1, -0.05) is 0 Å². The van der Waals surface area contributed by atoms with E-state index in [9.17, 15) is 22.0 Å². The van der Waals surface area contributed by atoms with Crippen LogP contribution in [0.3, 0.4) is 0 Å². The van der Waals surface area contributed by atoms with Crippen LogP contribution < -0.4 is 4.90 Å². The van der Waals surface area contributed by atoms with E-state index in [0.29, 0.717) is 39.3 Å². The SMILES string of the molecule is O=C(c1ccc(F)c(S(=O)(=O)N2CCCC2)c1)N1CCN(c2ccc(F)cc2)CC1. The summed E-state index contributed by atoms with van der Waals surface area (Å²) in [7, 11) is -3.96. The van der Waals surface area contributed by atoms with E-state index in [1.165, 1.54) is 22.5 Å². The summed E-state index contributed by atoms with van der Waals surface area (Å²) in [6, 6.07) is 9.71. The van der Waals surface area contributed by atoms with Crippen LogP contribution in [0, 0.1) is 11.6 Å². The molecule has 0 aromatic heterocycles. The van der Waals surface area contributed by atoms with Gasteiger partial charge in [0.25, 0.3) is 5.91 Å². The molecule has 0 aliphatic carbocycles. The van der Waals surface area contributed by atoms with Gasteiger partial charge in [0, 0.05) is 50.5 Å². The van der Waals surface area contributed by atoms with Gasteiger partial charge in [-0.2, -0.15) is 4.31 Å².